The van der Waals surface area contributed by atoms with Crippen molar-refractivity contribution >= 4 is 17.8 Å². The Labute approximate surface area is 279 Å². The molecule has 0 bridgehead atoms. The van der Waals surface area contributed by atoms with Crippen LogP contribution in [0.1, 0.15) is 90.4 Å². The van der Waals surface area contributed by atoms with Gasteiger partial charge in [-0.3, -0.25) is 4.79 Å². The summed E-state index contributed by atoms with van der Waals surface area (Å²) in [4.78, 5) is 43.4. The molecule has 47 heavy (non-hydrogen) atoms. The number of urea groups is 1. The minimum atomic E-state index is -0.485. The van der Waals surface area contributed by atoms with Crippen LogP contribution < -0.4 is 15.0 Å². The number of anilines is 1. The van der Waals surface area contributed by atoms with Crippen LogP contribution in [0.25, 0.3) is 0 Å². The normalized spacial score (nSPS) is 24.4. The van der Waals surface area contributed by atoms with E-state index in [1.54, 1.807) is 11.1 Å². The van der Waals surface area contributed by atoms with Gasteiger partial charge in [-0.05, 0) is 117 Å². The zero-order chi connectivity index (χ0) is 33.5. The number of ether oxygens (including phenoxy) is 1. The predicted octanol–water partition coefficient (Wildman–Crippen LogP) is 5.93. The molecule has 1 aromatic carbocycles. The summed E-state index contributed by atoms with van der Waals surface area (Å²) in [6, 6.07) is 4.33. The Bertz CT molecular complexity index is 1430. The Balaban J connectivity index is 1.03. The van der Waals surface area contributed by atoms with E-state index in [0.717, 1.165) is 65.0 Å². The van der Waals surface area contributed by atoms with Crippen LogP contribution in [0, 0.1) is 17.2 Å². The highest BCUT2D eigenvalue weighted by Crippen LogP contribution is 2.45. The molecule has 1 aromatic heterocycles. The van der Waals surface area contributed by atoms with E-state index in [4.69, 9.17) is 4.74 Å². The van der Waals surface area contributed by atoms with Gasteiger partial charge in [0, 0.05) is 49.7 Å². The number of aromatic nitrogens is 2. The van der Waals surface area contributed by atoms with Crippen molar-refractivity contribution in [1.82, 2.24) is 30.0 Å². The molecule has 1 saturated carbocycles. The van der Waals surface area contributed by atoms with Crippen LogP contribution in [-0.2, 0) is 0 Å². The molecule has 2 spiro atoms. The van der Waals surface area contributed by atoms with Crippen LogP contribution in [0.15, 0.2) is 30.7 Å². The molecule has 10 nitrogen and oxygen atoms in total. The molecule has 3 amide bonds. The lowest BCUT2D eigenvalue weighted by atomic mass is 9.71. The van der Waals surface area contributed by atoms with Gasteiger partial charge in [0.2, 0.25) is 0 Å². The lowest BCUT2D eigenvalue weighted by molar-refractivity contribution is 0.0582. The number of piperidine rings is 1. The number of benzene rings is 1. The molecule has 256 valence electrons. The van der Waals surface area contributed by atoms with E-state index in [2.05, 4.69) is 38.9 Å². The van der Waals surface area contributed by atoms with E-state index < -0.39 is 5.82 Å². The number of hydrogen-bond donors (Lipinski definition) is 1. The van der Waals surface area contributed by atoms with Crippen molar-refractivity contribution in [2.75, 3.05) is 44.2 Å². The average molecular weight is 650 g/mol. The van der Waals surface area contributed by atoms with Gasteiger partial charge in [-0.2, -0.15) is 0 Å². The van der Waals surface area contributed by atoms with E-state index in [0.29, 0.717) is 23.2 Å². The first kappa shape index (κ1) is 33.4. The summed E-state index contributed by atoms with van der Waals surface area (Å²) in [5.41, 5.74) is 0.419. The summed E-state index contributed by atoms with van der Waals surface area (Å²) in [6.07, 6.45) is 9.95. The predicted molar refractivity (Wildman–Crippen MR) is 180 cm³/mol. The summed E-state index contributed by atoms with van der Waals surface area (Å²) in [5, 5.41) is 3.33. The number of nitrogens with zero attached hydrogens (tertiary/aromatic N) is 6. The molecule has 6 rings (SSSR count). The summed E-state index contributed by atoms with van der Waals surface area (Å²) in [5.74, 6) is 1.39. The fourth-order valence-corrected chi connectivity index (χ4v) is 8.35. The maximum Gasteiger partial charge on any atom is 0.318 e. The Kier molecular flexibility index (Phi) is 9.39. The van der Waals surface area contributed by atoms with Crippen molar-refractivity contribution < 1.29 is 18.7 Å². The summed E-state index contributed by atoms with van der Waals surface area (Å²) in [7, 11) is 0. The van der Waals surface area contributed by atoms with Gasteiger partial charge in [-0.1, -0.05) is 0 Å². The third-order valence-corrected chi connectivity index (χ3v) is 11.0. The summed E-state index contributed by atoms with van der Waals surface area (Å²) < 4.78 is 20.7. The molecule has 0 atom stereocenters. The van der Waals surface area contributed by atoms with E-state index in [9.17, 15) is 14.0 Å². The van der Waals surface area contributed by atoms with Gasteiger partial charge < -0.3 is 29.7 Å². The van der Waals surface area contributed by atoms with Gasteiger partial charge in [-0.15, -0.1) is 0 Å². The zero-order valence-corrected chi connectivity index (χ0v) is 29.0. The van der Waals surface area contributed by atoms with Gasteiger partial charge in [0.25, 0.3) is 5.91 Å². The Morgan fingerprint density at radius 2 is 1.70 bits per heavy atom. The fourth-order valence-electron chi connectivity index (χ4n) is 8.35. The van der Waals surface area contributed by atoms with E-state index in [1.165, 1.54) is 37.4 Å². The molecule has 0 unspecified atom stereocenters. The second-order valence-corrected chi connectivity index (χ2v) is 15.4. The molecule has 1 N–H and O–H groups in total. The first-order valence-electron chi connectivity index (χ1n) is 17.5. The van der Waals surface area contributed by atoms with Gasteiger partial charge in [0.15, 0.2) is 11.6 Å². The monoisotopic (exact) mass is 649 g/mol. The number of likely N-dealkylation sites (tertiary alicyclic amines) is 1. The number of amides is 3. The van der Waals surface area contributed by atoms with Gasteiger partial charge in [-0.25, -0.2) is 19.2 Å². The molecule has 0 radical (unpaired) electrons. The number of hydrogen-bond acceptors (Lipinski definition) is 7. The van der Waals surface area contributed by atoms with Crippen molar-refractivity contribution in [3.05, 3.63) is 42.1 Å². The van der Waals surface area contributed by atoms with Crippen LogP contribution in [0.4, 0.5) is 15.0 Å². The molecular weight excluding hydrogens is 597 g/mol. The largest absolute Gasteiger partial charge is 0.451 e. The molecule has 2 aromatic rings. The first-order chi connectivity index (χ1) is 22.4. The van der Waals surface area contributed by atoms with Crippen LogP contribution in [0.3, 0.4) is 0 Å². The fraction of sp³-hybridized carbons (Fsp3) is 0.667. The standard InChI is InChI=1S/C36H52FN7O3/c1-24(2)43-22-36(40-34(43)46)11-9-27(10-12-36)19-41-15-13-35(14-16-41)20-42(21-35)32-31(18-38-23-39-32)47-30-8-7-28(37)17-29(30)33(45)44(25(3)4)26(5)6/h7-8,17-18,23-27H,9-16,19-22H2,1-6H3,(H,40,46). The Hall–Kier alpha value is -3.47. The summed E-state index contributed by atoms with van der Waals surface area (Å²) in [6.45, 7) is 18.0. The molecule has 3 aliphatic heterocycles. The van der Waals surface area contributed by atoms with Crippen molar-refractivity contribution in [2.24, 2.45) is 11.3 Å². The zero-order valence-electron chi connectivity index (χ0n) is 29.0. The molecule has 1 aliphatic carbocycles. The van der Waals surface area contributed by atoms with Crippen LogP contribution in [0.2, 0.25) is 0 Å². The highest BCUT2D eigenvalue weighted by atomic mass is 19.1. The Morgan fingerprint density at radius 3 is 2.32 bits per heavy atom. The first-order valence-corrected chi connectivity index (χ1v) is 17.5. The van der Waals surface area contributed by atoms with Crippen LogP contribution in [-0.4, -0.2) is 99.5 Å². The van der Waals surface area contributed by atoms with Crippen LogP contribution >= 0.6 is 0 Å². The number of rotatable bonds is 9. The second kappa shape index (κ2) is 13.2. The minimum absolute atomic E-state index is 0.0287. The quantitative estimate of drug-likeness (QED) is 0.360. The van der Waals surface area contributed by atoms with Gasteiger partial charge in [0.1, 0.15) is 17.9 Å². The maximum atomic E-state index is 14.4. The maximum absolute atomic E-state index is 14.4. The molecule has 4 aliphatic rings. The Morgan fingerprint density at radius 1 is 1.02 bits per heavy atom. The van der Waals surface area contributed by atoms with Crippen molar-refractivity contribution in [1.29, 1.82) is 0 Å². The second-order valence-electron chi connectivity index (χ2n) is 15.4. The summed E-state index contributed by atoms with van der Waals surface area (Å²) >= 11 is 0. The third-order valence-electron chi connectivity index (χ3n) is 11.0. The number of nitrogens with one attached hydrogen (secondary N) is 1. The third kappa shape index (κ3) is 6.91. The molecule has 4 heterocycles. The number of carbonyl (C=O) groups excluding carboxylic acids is 2. The van der Waals surface area contributed by atoms with E-state index in [1.807, 2.05) is 32.6 Å². The topological polar surface area (TPSA) is 94.1 Å². The SMILES string of the molecule is CC(C)N1CC2(CCC(CN3CCC4(CC3)CN(c3ncncc3Oc3ccc(F)cc3C(=O)N(C(C)C)C(C)C)C4)CC2)NC1=O. The van der Waals surface area contributed by atoms with Crippen molar-refractivity contribution in [3.8, 4) is 11.5 Å². The average Bonchev–Trinajstić information content (AvgIpc) is 3.34. The smallest absolute Gasteiger partial charge is 0.318 e. The lowest BCUT2D eigenvalue weighted by Crippen LogP contribution is -2.61. The van der Waals surface area contributed by atoms with Crippen LogP contribution in [0.5, 0.6) is 11.5 Å². The molecule has 4 fully saturated rings. The highest BCUT2D eigenvalue weighted by Gasteiger charge is 2.48. The van der Waals surface area contributed by atoms with Gasteiger partial charge in [0.05, 0.1) is 17.3 Å². The molecular formula is C36H52FN7O3. The van der Waals surface area contributed by atoms with Crippen molar-refractivity contribution in [2.45, 2.75) is 104 Å². The molecule has 11 heteroatoms. The number of halogens is 1. The van der Waals surface area contributed by atoms with E-state index in [-0.39, 0.29) is 46.6 Å². The number of carbonyl (C=O) groups is 2. The minimum Gasteiger partial charge on any atom is -0.451 e. The van der Waals surface area contributed by atoms with E-state index >= 15 is 0 Å². The lowest BCUT2D eigenvalue weighted by Gasteiger charge is -2.55. The van der Waals surface area contributed by atoms with Crippen molar-refractivity contribution in [3.63, 3.8) is 0 Å². The van der Waals surface area contributed by atoms with Gasteiger partial charge >= 0.3 is 6.03 Å². The highest BCUT2D eigenvalue weighted by molar-refractivity contribution is 5.97. The molecule has 3 saturated heterocycles.